The highest BCUT2D eigenvalue weighted by Crippen LogP contribution is 2.22. The molecule has 1 aromatic heterocycles. The molecule has 0 bridgehead atoms. The van der Waals surface area contributed by atoms with E-state index < -0.39 is 0 Å². The molecule has 0 aliphatic carbocycles. The van der Waals surface area contributed by atoms with Gasteiger partial charge in [0.2, 0.25) is 0 Å². The number of carbonyl (C=O) groups is 1. The van der Waals surface area contributed by atoms with Gasteiger partial charge in [0.05, 0.1) is 30.2 Å². The Kier molecular flexibility index (Phi) is 5.60. The third kappa shape index (κ3) is 4.19. The molecule has 0 fully saturated rings. The number of hydrogen-bond acceptors (Lipinski definition) is 3. The van der Waals surface area contributed by atoms with Crippen molar-refractivity contribution in [2.45, 2.75) is 34.2 Å². The van der Waals surface area contributed by atoms with Crippen LogP contribution in [0.5, 0.6) is 5.75 Å². The average Bonchev–Trinajstić information content (AvgIpc) is 2.92. The minimum absolute atomic E-state index is 0.153. The fourth-order valence-electron chi connectivity index (χ4n) is 3.04. The van der Waals surface area contributed by atoms with Gasteiger partial charge in [0.15, 0.2) is 0 Å². The summed E-state index contributed by atoms with van der Waals surface area (Å²) in [4.78, 5) is 12.6. The van der Waals surface area contributed by atoms with Crippen LogP contribution in [0.25, 0.3) is 0 Å². The van der Waals surface area contributed by atoms with Crippen molar-refractivity contribution in [3.63, 3.8) is 0 Å². The molecule has 5 heteroatoms. The summed E-state index contributed by atoms with van der Waals surface area (Å²) in [5.41, 5.74) is 5.54. The molecule has 2 aromatic carbocycles. The van der Waals surface area contributed by atoms with Crippen molar-refractivity contribution in [1.29, 1.82) is 0 Å². The van der Waals surface area contributed by atoms with Crippen molar-refractivity contribution in [1.82, 2.24) is 9.78 Å². The highest BCUT2D eigenvalue weighted by molar-refractivity contribution is 6.04. The minimum Gasteiger partial charge on any atom is -0.494 e. The lowest BCUT2D eigenvalue weighted by molar-refractivity contribution is 0.102. The molecule has 0 atom stereocenters. The largest absolute Gasteiger partial charge is 0.494 e. The van der Waals surface area contributed by atoms with Gasteiger partial charge >= 0.3 is 0 Å². The predicted molar refractivity (Wildman–Crippen MR) is 108 cm³/mol. The topological polar surface area (TPSA) is 56.1 Å². The van der Waals surface area contributed by atoms with Gasteiger partial charge in [-0.1, -0.05) is 24.3 Å². The van der Waals surface area contributed by atoms with Gasteiger partial charge in [-0.15, -0.1) is 0 Å². The van der Waals surface area contributed by atoms with Crippen molar-refractivity contribution in [3.05, 3.63) is 76.6 Å². The second-order valence-corrected chi connectivity index (χ2v) is 6.54. The summed E-state index contributed by atoms with van der Waals surface area (Å²) in [6.45, 7) is 9.19. The Morgan fingerprint density at radius 3 is 2.44 bits per heavy atom. The number of benzene rings is 2. The number of carbonyl (C=O) groups excluding carboxylic acids is 1. The lowest BCUT2D eigenvalue weighted by Gasteiger charge is -2.09. The summed E-state index contributed by atoms with van der Waals surface area (Å²) in [7, 11) is 0. The van der Waals surface area contributed by atoms with E-state index in [2.05, 4.69) is 29.5 Å². The van der Waals surface area contributed by atoms with Gasteiger partial charge in [-0.05, 0) is 63.1 Å². The van der Waals surface area contributed by atoms with Crippen molar-refractivity contribution >= 4 is 11.6 Å². The van der Waals surface area contributed by atoms with E-state index in [4.69, 9.17) is 4.74 Å². The molecule has 0 spiro atoms. The molecule has 1 amide bonds. The number of rotatable bonds is 6. The van der Waals surface area contributed by atoms with Crippen LogP contribution in [-0.4, -0.2) is 22.3 Å². The summed E-state index contributed by atoms with van der Waals surface area (Å²) in [5, 5.41) is 7.62. The van der Waals surface area contributed by atoms with E-state index in [1.165, 1.54) is 11.1 Å². The Morgan fingerprint density at radius 1 is 1.07 bits per heavy atom. The van der Waals surface area contributed by atoms with Crippen LogP contribution in [0.2, 0.25) is 0 Å². The number of amides is 1. The molecule has 0 aliphatic heterocycles. The highest BCUT2D eigenvalue weighted by Gasteiger charge is 2.16. The molecule has 0 radical (unpaired) electrons. The SMILES string of the molecule is CCOc1ccc(C(=O)Nc2c(C)nn(Cc3ccccc3C)c2C)cc1. The summed E-state index contributed by atoms with van der Waals surface area (Å²) in [6.07, 6.45) is 0. The van der Waals surface area contributed by atoms with E-state index in [1.807, 2.05) is 37.6 Å². The van der Waals surface area contributed by atoms with E-state index in [0.29, 0.717) is 18.7 Å². The Morgan fingerprint density at radius 2 is 1.78 bits per heavy atom. The Balaban J connectivity index is 1.78. The van der Waals surface area contributed by atoms with Gasteiger partial charge in [-0.25, -0.2) is 0 Å². The Labute approximate surface area is 160 Å². The molecule has 140 valence electrons. The zero-order valence-electron chi connectivity index (χ0n) is 16.2. The fourth-order valence-corrected chi connectivity index (χ4v) is 3.04. The minimum atomic E-state index is -0.153. The first kappa shape index (κ1) is 18.7. The summed E-state index contributed by atoms with van der Waals surface area (Å²) in [6, 6.07) is 15.4. The highest BCUT2D eigenvalue weighted by atomic mass is 16.5. The number of aromatic nitrogens is 2. The zero-order valence-corrected chi connectivity index (χ0v) is 16.2. The van der Waals surface area contributed by atoms with E-state index >= 15 is 0 Å². The van der Waals surface area contributed by atoms with Gasteiger partial charge in [0.1, 0.15) is 5.75 Å². The maximum atomic E-state index is 12.6. The number of ether oxygens (including phenoxy) is 1. The van der Waals surface area contributed by atoms with Crippen LogP contribution in [0.1, 0.15) is 39.8 Å². The number of hydrogen-bond donors (Lipinski definition) is 1. The van der Waals surface area contributed by atoms with Crippen molar-refractivity contribution in [3.8, 4) is 5.75 Å². The quantitative estimate of drug-likeness (QED) is 0.701. The third-order valence-corrected chi connectivity index (χ3v) is 4.63. The van der Waals surface area contributed by atoms with Crippen LogP contribution in [0.15, 0.2) is 48.5 Å². The molecule has 1 N–H and O–H groups in total. The summed E-state index contributed by atoms with van der Waals surface area (Å²) >= 11 is 0. The van der Waals surface area contributed by atoms with Gasteiger partial charge in [0.25, 0.3) is 5.91 Å². The molecule has 27 heavy (non-hydrogen) atoms. The Hall–Kier alpha value is -3.08. The van der Waals surface area contributed by atoms with Gasteiger partial charge in [-0.3, -0.25) is 9.48 Å². The summed E-state index contributed by atoms with van der Waals surface area (Å²) < 4.78 is 7.36. The van der Waals surface area contributed by atoms with Crippen molar-refractivity contribution < 1.29 is 9.53 Å². The third-order valence-electron chi connectivity index (χ3n) is 4.63. The van der Waals surface area contributed by atoms with Crippen LogP contribution >= 0.6 is 0 Å². The molecular weight excluding hydrogens is 338 g/mol. The van der Waals surface area contributed by atoms with Crippen LogP contribution in [0, 0.1) is 20.8 Å². The number of nitrogens with one attached hydrogen (secondary N) is 1. The fraction of sp³-hybridized carbons (Fsp3) is 0.273. The predicted octanol–water partition coefficient (Wildman–Crippen LogP) is 4.51. The first-order chi connectivity index (χ1) is 13.0. The van der Waals surface area contributed by atoms with Crippen LogP contribution in [-0.2, 0) is 6.54 Å². The van der Waals surface area contributed by atoms with Crippen LogP contribution < -0.4 is 10.1 Å². The second-order valence-electron chi connectivity index (χ2n) is 6.54. The monoisotopic (exact) mass is 363 g/mol. The number of aryl methyl sites for hydroxylation is 2. The van der Waals surface area contributed by atoms with Crippen LogP contribution in [0.4, 0.5) is 5.69 Å². The molecule has 3 aromatic rings. The van der Waals surface area contributed by atoms with Crippen molar-refractivity contribution in [2.24, 2.45) is 0 Å². The lowest BCUT2D eigenvalue weighted by Crippen LogP contribution is -2.13. The maximum absolute atomic E-state index is 12.6. The van der Waals surface area contributed by atoms with E-state index in [-0.39, 0.29) is 5.91 Å². The Bertz CT molecular complexity index is 943. The number of nitrogens with zero attached hydrogens (tertiary/aromatic N) is 2. The van der Waals surface area contributed by atoms with E-state index in [1.54, 1.807) is 24.3 Å². The molecule has 1 heterocycles. The van der Waals surface area contributed by atoms with E-state index in [0.717, 1.165) is 22.8 Å². The summed E-state index contributed by atoms with van der Waals surface area (Å²) in [5.74, 6) is 0.604. The first-order valence-electron chi connectivity index (χ1n) is 9.12. The molecule has 0 saturated carbocycles. The second kappa shape index (κ2) is 8.08. The maximum Gasteiger partial charge on any atom is 0.255 e. The standard InChI is InChI=1S/C22H25N3O2/c1-5-27-20-12-10-18(11-13-20)22(26)23-21-16(3)24-25(17(21)4)14-19-9-7-6-8-15(19)2/h6-13H,5,14H2,1-4H3,(H,23,26). The zero-order chi connectivity index (χ0) is 19.4. The molecule has 0 unspecified atom stereocenters. The molecule has 0 aliphatic rings. The van der Waals surface area contributed by atoms with Gasteiger partial charge in [0, 0.05) is 5.56 Å². The van der Waals surface area contributed by atoms with Crippen LogP contribution in [0.3, 0.4) is 0 Å². The molecule has 0 saturated heterocycles. The van der Waals surface area contributed by atoms with E-state index in [9.17, 15) is 4.79 Å². The normalized spacial score (nSPS) is 10.7. The van der Waals surface area contributed by atoms with Gasteiger partial charge in [-0.2, -0.15) is 5.10 Å². The lowest BCUT2D eigenvalue weighted by atomic mass is 10.1. The smallest absolute Gasteiger partial charge is 0.255 e. The number of anilines is 1. The molecular formula is C22H25N3O2. The first-order valence-corrected chi connectivity index (χ1v) is 9.12. The molecule has 3 rings (SSSR count). The van der Waals surface area contributed by atoms with Gasteiger partial charge < -0.3 is 10.1 Å². The van der Waals surface area contributed by atoms with Crippen molar-refractivity contribution in [2.75, 3.05) is 11.9 Å². The average molecular weight is 363 g/mol. The molecule has 5 nitrogen and oxygen atoms in total.